The molecule has 1 amide bonds. The first-order valence-electron chi connectivity index (χ1n) is 10.2. The predicted octanol–water partition coefficient (Wildman–Crippen LogP) is 1.95. The standard InChI is InChI=1S/C20H32ClN3O3S/c1-4-24(5-2)28(26,27)19-15-17(10-11-18(19)21)20(25)22-12-8-14-23-13-7-6-9-16(23)3/h10-11,15-16H,4-9,12-14H2,1-3H3,(H,22,25)/p+1/t16-/m0/s1. The number of rotatable bonds is 9. The average Bonchev–Trinajstić information content (AvgIpc) is 2.67. The number of nitrogens with zero attached hydrogens (tertiary/aromatic N) is 1. The summed E-state index contributed by atoms with van der Waals surface area (Å²) in [7, 11) is -3.72. The van der Waals surface area contributed by atoms with Crippen molar-refractivity contribution < 1.29 is 18.1 Å². The van der Waals surface area contributed by atoms with Crippen molar-refractivity contribution in [2.75, 3.05) is 32.7 Å². The fraction of sp³-hybridized carbons (Fsp3) is 0.650. The van der Waals surface area contributed by atoms with E-state index < -0.39 is 10.0 Å². The van der Waals surface area contributed by atoms with Crippen molar-refractivity contribution in [3.05, 3.63) is 28.8 Å². The van der Waals surface area contributed by atoms with Crippen molar-refractivity contribution in [2.45, 2.75) is 57.4 Å². The van der Waals surface area contributed by atoms with E-state index in [4.69, 9.17) is 11.6 Å². The SMILES string of the molecule is CCN(CC)S(=O)(=O)c1cc(C(=O)NCCC[NH+]2CCCC[C@@H]2C)ccc1Cl. The Hall–Kier alpha value is -1.15. The Morgan fingerprint density at radius 1 is 1.29 bits per heavy atom. The molecule has 158 valence electrons. The van der Waals surface area contributed by atoms with Gasteiger partial charge >= 0.3 is 0 Å². The summed E-state index contributed by atoms with van der Waals surface area (Å²) in [5, 5.41) is 3.04. The second-order valence-electron chi connectivity index (χ2n) is 7.40. The highest BCUT2D eigenvalue weighted by atomic mass is 35.5. The molecule has 0 aliphatic carbocycles. The maximum Gasteiger partial charge on any atom is 0.251 e. The van der Waals surface area contributed by atoms with Crippen LogP contribution in [0, 0.1) is 0 Å². The Balaban J connectivity index is 1.98. The number of benzene rings is 1. The van der Waals surface area contributed by atoms with Gasteiger partial charge in [0.15, 0.2) is 0 Å². The Bertz CT molecular complexity index is 766. The molecule has 6 nitrogen and oxygen atoms in total. The van der Waals surface area contributed by atoms with Gasteiger partial charge in [0.1, 0.15) is 4.90 Å². The Morgan fingerprint density at radius 3 is 2.64 bits per heavy atom. The summed E-state index contributed by atoms with van der Waals surface area (Å²) in [6.07, 6.45) is 4.77. The molecule has 2 N–H and O–H groups in total. The van der Waals surface area contributed by atoms with Crippen LogP contribution in [0.3, 0.4) is 0 Å². The van der Waals surface area contributed by atoms with Crippen molar-refractivity contribution >= 4 is 27.5 Å². The fourth-order valence-electron chi connectivity index (χ4n) is 3.79. The topological polar surface area (TPSA) is 70.9 Å². The molecular formula is C20H33ClN3O3S+. The molecule has 1 aromatic rings. The van der Waals surface area contributed by atoms with Gasteiger partial charge in [-0.25, -0.2) is 8.42 Å². The van der Waals surface area contributed by atoms with Crippen LogP contribution in [0.4, 0.5) is 0 Å². The molecule has 0 spiro atoms. The maximum atomic E-state index is 12.8. The monoisotopic (exact) mass is 430 g/mol. The van der Waals surface area contributed by atoms with Crippen LogP contribution >= 0.6 is 11.6 Å². The molecule has 1 aliphatic rings. The van der Waals surface area contributed by atoms with Gasteiger partial charge in [-0.15, -0.1) is 0 Å². The second kappa shape index (κ2) is 10.6. The van der Waals surface area contributed by atoms with E-state index in [9.17, 15) is 13.2 Å². The lowest BCUT2D eigenvalue weighted by atomic mass is 10.0. The highest BCUT2D eigenvalue weighted by molar-refractivity contribution is 7.89. The predicted molar refractivity (Wildman–Crippen MR) is 113 cm³/mol. The van der Waals surface area contributed by atoms with Crippen molar-refractivity contribution in [1.29, 1.82) is 0 Å². The highest BCUT2D eigenvalue weighted by Gasteiger charge is 2.26. The zero-order valence-electron chi connectivity index (χ0n) is 17.1. The number of sulfonamides is 1. The van der Waals surface area contributed by atoms with Crippen LogP contribution in [0.25, 0.3) is 0 Å². The molecule has 1 heterocycles. The number of quaternary nitrogens is 1. The van der Waals surface area contributed by atoms with E-state index >= 15 is 0 Å². The maximum absolute atomic E-state index is 12.8. The summed E-state index contributed by atoms with van der Waals surface area (Å²) >= 11 is 6.13. The van der Waals surface area contributed by atoms with E-state index in [0.29, 0.717) is 31.2 Å². The van der Waals surface area contributed by atoms with Crippen LogP contribution in [0.1, 0.15) is 56.8 Å². The van der Waals surface area contributed by atoms with Crippen LogP contribution in [0.2, 0.25) is 5.02 Å². The highest BCUT2D eigenvalue weighted by Crippen LogP contribution is 2.25. The third-order valence-electron chi connectivity index (χ3n) is 5.56. The molecule has 1 saturated heterocycles. The molecule has 0 saturated carbocycles. The van der Waals surface area contributed by atoms with Gasteiger partial charge < -0.3 is 10.2 Å². The van der Waals surface area contributed by atoms with Gasteiger partial charge in [-0.05, 0) is 44.4 Å². The lowest BCUT2D eigenvalue weighted by Gasteiger charge is -2.30. The summed E-state index contributed by atoms with van der Waals surface area (Å²) < 4.78 is 26.9. The van der Waals surface area contributed by atoms with Crippen LogP contribution in [-0.2, 0) is 10.0 Å². The minimum absolute atomic E-state index is 0.0166. The van der Waals surface area contributed by atoms with Gasteiger partial charge in [0.2, 0.25) is 10.0 Å². The van der Waals surface area contributed by atoms with E-state index in [2.05, 4.69) is 12.2 Å². The van der Waals surface area contributed by atoms with E-state index in [1.54, 1.807) is 24.8 Å². The van der Waals surface area contributed by atoms with Crippen LogP contribution < -0.4 is 10.2 Å². The number of amides is 1. The van der Waals surface area contributed by atoms with Crippen molar-refractivity contribution in [3.63, 3.8) is 0 Å². The molecule has 8 heteroatoms. The number of nitrogens with one attached hydrogen (secondary N) is 2. The van der Waals surface area contributed by atoms with E-state index in [0.717, 1.165) is 13.0 Å². The molecule has 28 heavy (non-hydrogen) atoms. The first-order valence-corrected chi connectivity index (χ1v) is 12.1. The smallest absolute Gasteiger partial charge is 0.251 e. The molecular weight excluding hydrogens is 398 g/mol. The lowest BCUT2D eigenvalue weighted by Crippen LogP contribution is -3.16. The Morgan fingerprint density at radius 2 is 2.00 bits per heavy atom. The summed E-state index contributed by atoms with van der Waals surface area (Å²) in [5.74, 6) is -0.269. The van der Waals surface area contributed by atoms with Crippen molar-refractivity contribution in [3.8, 4) is 0 Å². The molecule has 0 bridgehead atoms. The average molecular weight is 431 g/mol. The third kappa shape index (κ3) is 5.69. The minimum atomic E-state index is -3.72. The fourth-order valence-corrected chi connectivity index (χ4v) is 5.75. The summed E-state index contributed by atoms with van der Waals surface area (Å²) in [5.41, 5.74) is 0.314. The van der Waals surface area contributed by atoms with Crippen molar-refractivity contribution in [2.24, 2.45) is 0 Å². The Labute approximate surface area is 174 Å². The molecule has 2 rings (SSSR count). The minimum Gasteiger partial charge on any atom is -0.352 e. The van der Waals surface area contributed by atoms with Gasteiger partial charge in [-0.3, -0.25) is 4.79 Å². The summed E-state index contributed by atoms with van der Waals surface area (Å²) in [6.45, 7) is 9.37. The first kappa shape index (κ1) is 23.1. The Kier molecular flexibility index (Phi) is 8.74. The van der Waals surface area contributed by atoms with E-state index in [1.807, 2.05) is 0 Å². The molecule has 0 aromatic heterocycles. The third-order valence-corrected chi connectivity index (χ3v) is 8.09. The normalized spacial score (nSPS) is 20.3. The molecule has 1 unspecified atom stereocenters. The molecule has 1 fully saturated rings. The van der Waals surface area contributed by atoms with Crippen molar-refractivity contribution in [1.82, 2.24) is 9.62 Å². The number of piperidine rings is 1. The second-order valence-corrected chi connectivity index (χ2v) is 9.71. The van der Waals surface area contributed by atoms with Crippen LogP contribution in [0.15, 0.2) is 23.1 Å². The number of carbonyl (C=O) groups excluding carboxylic acids is 1. The summed E-state index contributed by atoms with van der Waals surface area (Å²) in [6, 6.07) is 5.11. The van der Waals surface area contributed by atoms with E-state index in [1.165, 1.54) is 42.2 Å². The molecule has 0 radical (unpaired) electrons. The van der Waals surface area contributed by atoms with Crippen LogP contribution in [0.5, 0.6) is 0 Å². The largest absolute Gasteiger partial charge is 0.352 e. The number of hydrogen-bond acceptors (Lipinski definition) is 3. The van der Waals surface area contributed by atoms with Gasteiger partial charge in [0.05, 0.1) is 24.2 Å². The first-order chi connectivity index (χ1) is 13.3. The zero-order chi connectivity index (χ0) is 20.7. The molecule has 2 atom stereocenters. The molecule has 1 aromatic carbocycles. The lowest BCUT2D eigenvalue weighted by molar-refractivity contribution is -0.928. The van der Waals surface area contributed by atoms with Crippen LogP contribution in [-0.4, -0.2) is 57.4 Å². The number of hydrogen-bond donors (Lipinski definition) is 2. The van der Waals surface area contributed by atoms with Gasteiger partial charge in [-0.2, -0.15) is 4.31 Å². The van der Waals surface area contributed by atoms with E-state index in [-0.39, 0.29) is 15.8 Å². The quantitative estimate of drug-likeness (QED) is 0.588. The van der Waals surface area contributed by atoms with Gasteiger partial charge in [0.25, 0.3) is 5.91 Å². The molecule has 1 aliphatic heterocycles. The summed E-state index contributed by atoms with van der Waals surface area (Å²) in [4.78, 5) is 14.1. The zero-order valence-corrected chi connectivity index (χ0v) is 18.7. The number of likely N-dealkylation sites (tertiary alicyclic amines) is 1. The van der Waals surface area contributed by atoms with Gasteiger partial charge in [-0.1, -0.05) is 25.4 Å². The number of carbonyl (C=O) groups is 1. The van der Waals surface area contributed by atoms with Gasteiger partial charge in [0, 0.05) is 31.6 Å². The number of halogens is 1.